The second kappa shape index (κ2) is 53.8. The van der Waals surface area contributed by atoms with Crippen molar-refractivity contribution in [2.45, 2.75) is 302 Å². The summed E-state index contributed by atoms with van der Waals surface area (Å²) in [5.74, 6) is -0.816. The number of phosphoric acid groups is 1. The zero-order valence-corrected chi connectivity index (χ0v) is 45.1. The Morgan fingerprint density at radius 3 is 1.16 bits per heavy atom. The number of phosphoric ester groups is 1. The summed E-state index contributed by atoms with van der Waals surface area (Å²) in [5.41, 5.74) is 5.38. The lowest BCUT2D eigenvalue weighted by molar-refractivity contribution is -0.161. The van der Waals surface area contributed by atoms with Gasteiger partial charge in [-0.25, -0.2) is 4.57 Å². The Hall–Kier alpha value is -1.51. The number of hydrogen-bond acceptors (Lipinski definition) is 8. The van der Waals surface area contributed by atoms with Crippen LogP contribution in [-0.4, -0.2) is 49.3 Å². The molecule has 2 atom stereocenters. The summed E-state index contributed by atoms with van der Waals surface area (Å²) in [6.45, 7) is 3.77. The molecule has 0 bridgehead atoms. The molecule has 0 amide bonds. The highest BCUT2D eigenvalue weighted by atomic mass is 31.2. The molecule has 2 unspecified atom stereocenters. The van der Waals surface area contributed by atoms with Gasteiger partial charge in [-0.05, 0) is 44.9 Å². The van der Waals surface area contributed by atoms with Crippen LogP contribution in [0, 0.1) is 0 Å². The molecule has 0 aromatic carbocycles. The molecule has 0 aliphatic heterocycles. The minimum Gasteiger partial charge on any atom is -0.462 e. The van der Waals surface area contributed by atoms with Gasteiger partial charge in [-0.2, -0.15) is 0 Å². The van der Waals surface area contributed by atoms with Crippen LogP contribution in [0.3, 0.4) is 0 Å². The summed E-state index contributed by atoms with van der Waals surface area (Å²) >= 11 is 0. The second-order valence-corrected chi connectivity index (χ2v) is 21.0. The standard InChI is InChI=1S/C57H110NO8P/c1-3-5-7-9-11-13-15-17-19-21-23-24-25-26-27-28-29-30-32-33-35-37-39-41-43-45-47-49-56(59)63-53-55(54-65-67(61,62)64-52-51-58)66-57(60)50-48-46-44-42-40-38-36-34-31-22-20-18-16-14-12-10-8-6-4-2/h12,14,18,20,55H,3-11,13,15-17,19,21-54,58H2,1-2H3,(H,61,62)/b14-12-,20-18-. The normalized spacial score (nSPS) is 13.2. The van der Waals surface area contributed by atoms with Crippen LogP contribution in [-0.2, 0) is 32.7 Å². The molecule has 0 rings (SSSR count). The lowest BCUT2D eigenvalue weighted by atomic mass is 10.0. The molecule has 0 aliphatic carbocycles. The molecule has 0 spiro atoms. The van der Waals surface area contributed by atoms with Gasteiger partial charge in [0.1, 0.15) is 6.61 Å². The van der Waals surface area contributed by atoms with Crippen LogP contribution in [0.25, 0.3) is 0 Å². The highest BCUT2D eigenvalue weighted by Gasteiger charge is 2.26. The third-order valence-corrected chi connectivity index (χ3v) is 13.8. The van der Waals surface area contributed by atoms with Crippen LogP contribution >= 0.6 is 7.82 Å². The van der Waals surface area contributed by atoms with Gasteiger partial charge >= 0.3 is 19.8 Å². The van der Waals surface area contributed by atoms with Crippen molar-refractivity contribution in [1.29, 1.82) is 0 Å². The monoisotopic (exact) mass is 968 g/mol. The Morgan fingerprint density at radius 2 is 0.776 bits per heavy atom. The molecule has 396 valence electrons. The molecular formula is C57H110NO8P. The van der Waals surface area contributed by atoms with Crippen molar-refractivity contribution < 1.29 is 37.6 Å². The van der Waals surface area contributed by atoms with Crippen molar-refractivity contribution in [2.75, 3.05) is 26.4 Å². The van der Waals surface area contributed by atoms with Crippen LogP contribution < -0.4 is 5.73 Å². The van der Waals surface area contributed by atoms with E-state index in [2.05, 4.69) is 38.2 Å². The van der Waals surface area contributed by atoms with Crippen LogP contribution in [0.2, 0.25) is 0 Å². The molecule has 0 fully saturated rings. The van der Waals surface area contributed by atoms with E-state index in [1.54, 1.807) is 0 Å². The maximum absolute atomic E-state index is 12.7. The van der Waals surface area contributed by atoms with E-state index < -0.39 is 26.5 Å². The van der Waals surface area contributed by atoms with E-state index >= 15 is 0 Å². The molecule has 0 radical (unpaired) electrons. The first-order chi connectivity index (χ1) is 32.8. The topological polar surface area (TPSA) is 134 Å². The Morgan fingerprint density at radius 1 is 0.448 bits per heavy atom. The van der Waals surface area contributed by atoms with E-state index in [-0.39, 0.29) is 38.6 Å². The molecule has 9 nitrogen and oxygen atoms in total. The zero-order chi connectivity index (χ0) is 48.8. The van der Waals surface area contributed by atoms with Crippen molar-refractivity contribution in [3.05, 3.63) is 24.3 Å². The fraction of sp³-hybridized carbons (Fsp3) is 0.895. The Balaban J connectivity index is 3.91. The maximum atomic E-state index is 12.7. The number of esters is 2. The number of hydrogen-bond donors (Lipinski definition) is 2. The number of carbonyl (C=O) groups is 2. The summed E-state index contributed by atoms with van der Waals surface area (Å²) in [7, 11) is -4.38. The summed E-state index contributed by atoms with van der Waals surface area (Å²) < 4.78 is 33.0. The quantitative estimate of drug-likeness (QED) is 0.0264. The lowest BCUT2D eigenvalue weighted by Crippen LogP contribution is -2.29. The number of ether oxygens (including phenoxy) is 2. The number of nitrogens with two attached hydrogens (primary N) is 1. The first kappa shape index (κ1) is 65.5. The fourth-order valence-electron chi connectivity index (χ4n) is 8.55. The number of allylic oxidation sites excluding steroid dienone is 4. The van der Waals surface area contributed by atoms with Crippen molar-refractivity contribution in [2.24, 2.45) is 5.73 Å². The predicted octanol–water partition coefficient (Wildman–Crippen LogP) is 17.9. The SMILES string of the molecule is CCCCC/C=C\C/C=C\CCCCCCCCCCCC(=O)OC(COC(=O)CCCCCCCCCCCCCCCCCCCCCCCCCCCCC)COP(=O)(O)OCCN. The average molecular weight is 968 g/mol. The lowest BCUT2D eigenvalue weighted by Gasteiger charge is -2.19. The number of unbranched alkanes of at least 4 members (excludes halogenated alkanes) is 38. The van der Waals surface area contributed by atoms with Gasteiger partial charge in [0.2, 0.25) is 0 Å². The van der Waals surface area contributed by atoms with E-state index in [1.807, 2.05) is 0 Å². The molecule has 3 N–H and O–H groups in total. The van der Waals surface area contributed by atoms with E-state index in [9.17, 15) is 19.0 Å². The van der Waals surface area contributed by atoms with Gasteiger partial charge in [-0.3, -0.25) is 18.6 Å². The first-order valence-electron chi connectivity index (χ1n) is 28.8. The molecule has 10 heteroatoms. The number of carbonyl (C=O) groups excluding carboxylic acids is 2. The number of rotatable bonds is 55. The summed E-state index contributed by atoms with van der Waals surface area (Å²) in [6, 6.07) is 0. The third kappa shape index (κ3) is 53.7. The first-order valence-corrected chi connectivity index (χ1v) is 30.3. The molecule has 0 heterocycles. The van der Waals surface area contributed by atoms with Crippen molar-refractivity contribution >= 4 is 19.8 Å². The van der Waals surface area contributed by atoms with Gasteiger partial charge in [0.05, 0.1) is 13.2 Å². The van der Waals surface area contributed by atoms with Gasteiger partial charge in [-0.15, -0.1) is 0 Å². The molecule has 0 saturated carbocycles. The zero-order valence-electron chi connectivity index (χ0n) is 44.2. The van der Waals surface area contributed by atoms with E-state index in [0.29, 0.717) is 6.42 Å². The highest BCUT2D eigenvalue weighted by molar-refractivity contribution is 7.47. The van der Waals surface area contributed by atoms with Crippen LogP contribution in [0.1, 0.15) is 296 Å². The van der Waals surface area contributed by atoms with E-state index in [4.69, 9.17) is 24.3 Å². The van der Waals surface area contributed by atoms with Crippen LogP contribution in [0.5, 0.6) is 0 Å². The minimum atomic E-state index is -4.38. The van der Waals surface area contributed by atoms with Gasteiger partial charge in [0, 0.05) is 19.4 Å². The molecule has 0 aliphatic rings. The largest absolute Gasteiger partial charge is 0.472 e. The van der Waals surface area contributed by atoms with Gasteiger partial charge in [0.25, 0.3) is 0 Å². The average Bonchev–Trinajstić information content (AvgIpc) is 3.32. The predicted molar refractivity (Wildman–Crippen MR) is 284 cm³/mol. The maximum Gasteiger partial charge on any atom is 0.472 e. The molecular weight excluding hydrogens is 858 g/mol. The van der Waals surface area contributed by atoms with Crippen LogP contribution in [0.15, 0.2) is 24.3 Å². The van der Waals surface area contributed by atoms with E-state index in [1.165, 1.54) is 212 Å². The van der Waals surface area contributed by atoms with Gasteiger partial charge in [0.15, 0.2) is 6.10 Å². The smallest absolute Gasteiger partial charge is 0.462 e. The fourth-order valence-corrected chi connectivity index (χ4v) is 9.32. The van der Waals surface area contributed by atoms with Gasteiger partial charge < -0.3 is 20.1 Å². The van der Waals surface area contributed by atoms with Crippen molar-refractivity contribution in [1.82, 2.24) is 0 Å². The Labute approximate surface area is 414 Å². The minimum absolute atomic E-state index is 0.0547. The molecule has 67 heavy (non-hydrogen) atoms. The van der Waals surface area contributed by atoms with E-state index in [0.717, 1.165) is 51.4 Å². The summed E-state index contributed by atoms with van der Waals surface area (Å²) in [4.78, 5) is 35.1. The molecule has 0 aromatic rings. The summed E-state index contributed by atoms with van der Waals surface area (Å²) in [6.07, 6.45) is 62.4. The third-order valence-electron chi connectivity index (χ3n) is 12.8. The Bertz CT molecular complexity index is 1150. The molecule has 0 saturated heterocycles. The molecule has 0 aromatic heterocycles. The van der Waals surface area contributed by atoms with Gasteiger partial charge in [-0.1, -0.05) is 263 Å². The van der Waals surface area contributed by atoms with Crippen LogP contribution in [0.4, 0.5) is 0 Å². The van der Waals surface area contributed by atoms with Crippen molar-refractivity contribution in [3.63, 3.8) is 0 Å². The second-order valence-electron chi connectivity index (χ2n) is 19.5. The summed E-state index contributed by atoms with van der Waals surface area (Å²) in [5, 5.41) is 0. The highest BCUT2D eigenvalue weighted by Crippen LogP contribution is 2.43. The van der Waals surface area contributed by atoms with Crippen molar-refractivity contribution in [3.8, 4) is 0 Å². The Kier molecular flexibility index (Phi) is 52.6.